The molecule has 1 aliphatic heterocycles. The average molecular weight is 297 g/mol. The van der Waals surface area contributed by atoms with Crippen molar-refractivity contribution in [3.8, 4) is 0 Å². The lowest BCUT2D eigenvalue weighted by atomic mass is 10.2. The number of hydrogen-bond acceptors (Lipinski definition) is 5. The normalized spacial score (nSPS) is 31.8. The van der Waals surface area contributed by atoms with Gasteiger partial charge in [-0.15, -0.1) is 0 Å². The zero-order valence-corrected chi connectivity index (χ0v) is 12.5. The number of hydrogen-bond donors (Lipinski definition) is 1. The zero-order chi connectivity index (χ0) is 14.7. The van der Waals surface area contributed by atoms with Crippen LogP contribution in [0.2, 0.25) is 0 Å². The molecule has 1 fully saturated rings. The van der Waals surface area contributed by atoms with Crippen molar-refractivity contribution >= 4 is 13.7 Å². The molecule has 0 radical (unpaired) electrons. The summed E-state index contributed by atoms with van der Waals surface area (Å²) < 4.78 is 40.4. The van der Waals surface area contributed by atoms with Gasteiger partial charge in [-0.2, -0.15) is 0 Å². The van der Waals surface area contributed by atoms with E-state index in [2.05, 4.69) is 5.32 Å². The molecule has 0 aliphatic carbocycles. The van der Waals surface area contributed by atoms with E-state index in [9.17, 15) is 13.8 Å². The van der Waals surface area contributed by atoms with Gasteiger partial charge in [0.1, 0.15) is 5.60 Å². The third-order valence-electron chi connectivity index (χ3n) is 2.31. The van der Waals surface area contributed by atoms with E-state index in [1.807, 2.05) is 0 Å². The highest BCUT2D eigenvalue weighted by atomic mass is 31.2. The molecule has 0 bridgehead atoms. The van der Waals surface area contributed by atoms with Crippen LogP contribution in [0.25, 0.3) is 0 Å². The van der Waals surface area contributed by atoms with Gasteiger partial charge in [-0.1, -0.05) is 0 Å². The van der Waals surface area contributed by atoms with Gasteiger partial charge in [0, 0.05) is 6.42 Å². The lowest BCUT2D eigenvalue weighted by Gasteiger charge is -2.31. The van der Waals surface area contributed by atoms with Crippen LogP contribution in [0.4, 0.5) is 9.18 Å². The highest BCUT2D eigenvalue weighted by Crippen LogP contribution is 2.57. The fraction of sp³-hybridized carbons (Fsp3) is 0.909. The van der Waals surface area contributed by atoms with E-state index in [-0.39, 0.29) is 19.6 Å². The van der Waals surface area contributed by atoms with Crippen molar-refractivity contribution in [2.75, 3.05) is 13.2 Å². The van der Waals surface area contributed by atoms with Gasteiger partial charge in [0.25, 0.3) is 0 Å². The molecule has 1 saturated heterocycles. The van der Waals surface area contributed by atoms with Crippen LogP contribution < -0.4 is 5.32 Å². The summed E-state index contributed by atoms with van der Waals surface area (Å²) in [7, 11) is -3.69. The topological polar surface area (TPSA) is 73.9 Å². The molecule has 0 aromatic heterocycles. The first-order valence-corrected chi connectivity index (χ1v) is 7.80. The van der Waals surface area contributed by atoms with Crippen LogP contribution in [0.5, 0.6) is 0 Å². The van der Waals surface area contributed by atoms with Crippen LogP contribution >= 0.6 is 7.60 Å². The van der Waals surface area contributed by atoms with Crippen molar-refractivity contribution in [1.82, 2.24) is 5.32 Å². The Morgan fingerprint density at radius 3 is 2.63 bits per heavy atom. The number of nitrogens with one attached hydrogen (secondary N) is 1. The Balaban J connectivity index is 2.49. The van der Waals surface area contributed by atoms with Crippen molar-refractivity contribution in [3.05, 3.63) is 0 Å². The van der Waals surface area contributed by atoms with E-state index in [0.29, 0.717) is 0 Å². The molecule has 6 nitrogen and oxygen atoms in total. The monoisotopic (exact) mass is 297 g/mol. The molecule has 1 amide bonds. The predicted octanol–water partition coefficient (Wildman–Crippen LogP) is 2.83. The van der Waals surface area contributed by atoms with E-state index < -0.39 is 31.2 Å². The predicted molar refractivity (Wildman–Crippen MR) is 67.9 cm³/mol. The van der Waals surface area contributed by atoms with Crippen LogP contribution in [-0.2, 0) is 18.3 Å². The molecular formula is C11H21FNO5P. The lowest BCUT2D eigenvalue weighted by molar-refractivity contribution is 0.0446. The Labute approximate surface area is 112 Å². The largest absolute Gasteiger partial charge is 0.444 e. The molecule has 1 unspecified atom stereocenters. The molecule has 112 valence electrons. The molecule has 1 N–H and O–H groups in total. The molecule has 1 rings (SSSR count). The van der Waals surface area contributed by atoms with E-state index in [0.717, 1.165) is 0 Å². The van der Waals surface area contributed by atoms with Gasteiger partial charge in [-0.05, 0) is 27.7 Å². The second-order valence-corrected chi connectivity index (χ2v) is 7.42. The lowest BCUT2D eigenvalue weighted by Crippen LogP contribution is -2.44. The molecule has 0 aromatic carbocycles. The molecule has 0 saturated carbocycles. The molecule has 8 heteroatoms. The Morgan fingerprint density at radius 1 is 1.53 bits per heavy atom. The van der Waals surface area contributed by atoms with Gasteiger partial charge in [-0.3, -0.25) is 4.57 Å². The fourth-order valence-corrected chi connectivity index (χ4v) is 3.24. The molecule has 1 heterocycles. The Kier molecular flexibility index (Phi) is 5.35. The first kappa shape index (κ1) is 16.4. The molecule has 3 atom stereocenters. The van der Waals surface area contributed by atoms with Crippen molar-refractivity contribution in [2.24, 2.45) is 0 Å². The van der Waals surface area contributed by atoms with Crippen molar-refractivity contribution < 1.29 is 27.5 Å². The van der Waals surface area contributed by atoms with Crippen molar-refractivity contribution in [3.63, 3.8) is 0 Å². The maximum Gasteiger partial charge on any atom is 0.407 e. The molecular weight excluding hydrogens is 276 g/mol. The van der Waals surface area contributed by atoms with Crippen LogP contribution in [0.3, 0.4) is 0 Å². The van der Waals surface area contributed by atoms with E-state index >= 15 is 0 Å². The number of ether oxygens (including phenoxy) is 1. The molecule has 0 spiro atoms. The maximum absolute atomic E-state index is 13.8. The summed E-state index contributed by atoms with van der Waals surface area (Å²) in [5.74, 6) is -1.74. The van der Waals surface area contributed by atoms with Crippen LogP contribution in [0.1, 0.15) is 34.1 Å². The van der Waals surface area contributed by atoms with Crippen LogP contribution in [0, 0.1) is 0 Å². The maximum atomic E-state index is 13.8. The molecule has 0 aromatic rings. The van der Waals surface area contributed by atoms with E-state index in [1.165, 1.54) is 0 Å². The third kappa shape index (κ3) is 5.09. The Bertz CT molecular complexity index is 371. The summed E-state index contributed by atoms with van der Waals surface area (Å²) in [5.41, 5.74) is -0.630. The van der Waals surface area contributed by atoms with E-state index in [1.54, 1.807) is 27.7 Å². The number of carbonyl (C=O) groups is 1. The summed E-state index contributed by atoms with van der Waals surface area (Å²) in [6, 6.07) is -0.576. The summed E-state index contributed by atoms with van der Waals surface area (Å²) in [6.45, 7) is 6.85. The van der Waals surface area contributed by atoms with Gasteiger partial charge < -0.3 is 19.1 Å². The van der Waals surface area contributed by atoms with Crippen LogP contribution in [-0.4, -0.2) is 36.9 Å². The van der Waals surface area contributed by atoms with Crippen molar-refractivity contribution in [1.29, 1.82) is 0 Å². The zero-order valence-electron chi connectivity index (χ0n) is 11.6. The number of alkyl halides is 1. The van der Waals surface area contributed by atoms with Gasteiger partial charge in [0.15, 0.2) is 0 Å². The molecule has 19 heavy (non-hydrogen) atoms. The smallest absolute Gasteiger partial charge is 0.407 e. The first-order chi connectivity index (χ1) is 8.66. The second kappa shape index (κ2) is 6.20. The summed E-state index contributed by atoms with van der Waals surface area (Å²) in [4.78, 5) is 11.5. The minimum Gasteiger partial charge on any atom is -0.444 e. The highest BCUT2D eigenvalue weighted by Gasteiger charge is 2.43. The second-order valence-electron chi connectivity index (χ2n) is 5.27. The van der Waals surface area contributed by atoms with Gasteiger partial charge in [-0.25, -0.2) is 9.18 Å². The van der Waals surface area contributed by atoms with Crippen LogP contribution in [0.15, 0.2) is 0 Å². The van der Waals surface area contributed by atoms with E-state index in [4.69, 9.17) is 13.8 Å². The van der Waals surface area contributed by atoms with Crippen molar-refractivity contribution in [2.45, 2.75) is 51.7 Å². The van der Waals surface area contributed by atoms with Gasteiger partial charge in [0.2, 0.25) is 5.91 Å². The number of rotatable bonds is 3. The SMILES string of the molecule is CCOP1(=O)OC[C@@H](NC(=O)OC(C)(C)C)C[C@@H]1F. The fourth-order valence-electron chi connectivity index (χ4n) is 1.58. The highest BCUT2D eigenvalue weighted by molar-refractivity contribution is 7.54. The Hall–Kier alpha value is -0.650. The average Bonchev–Trinajstić information content (AvgIpc) is 2.21. The minimum absolute atomic E-state index is 0.0586. The third-order valence-corrected chi connectivity index (χ3v) is 4.33. The molecule has 1 aliphatic rings. The number of halogens is 1. The summed E-state index contributed by atoms with van der Waals surface area (Å²) in [5, 5.41) is 2.48. The number of amides is 1. The summed E-state index contributed by atoms with van der Waals surface area (Å²) >= 11 is 0. The minimum atomic E-state index is -3.69. The van der Waals surface area contributed by atoms with Gasteiger partial charge in [0.05, 0.1) is 19.3 Å². The number of carbonyl (C=O) groups excluding carboxylic acids is 1. The first-order valence-electron chi connectivity index (χ1n) is 6.18. The number of alkyl carbamates (subject to hydrolysis) is 1. The standard InChI is InChI=1S/C11H21FNO5P/c1-5-16-19(15)9(12)6-8(7-17-19)13-10(14)18-11(2,3)4/h8-9H,5-7H2,1-4H3,(H,13,14)/t8-,9+,19?/m0/s1. The quantitative estimate of drug-likeness (QED) is 0.811. The Morgan fingerprint density at radius 2 is 2.16 bits per heavy atom. The summed E-state index contributed by atoms with van der Waals surface area (Å²) in [6.07, 6.45) is -0.766. The van der Waals surface area contributed by atoms with Gasteiger partial charge >= 0.3 is 13.7 Å².